The number of nitrogens with zero attached hydrogens (tertiary/aromatic N) is 4. The number of hydrogen-bond donors (Lipinski definition) is 2. The number of carbonyl (C=O) groups is 2. The standard InChI is InChI=1S/C30H38N6O4/c1-5-40-27-16-22-23(17-26(27)39-4)28(32-25-10-11-34(3)18-24(22)25)20-6-8-21(9-7-20)29(38)33-30(31)36-14-12-35(13-15-36)19(2)37/h6-9,16-17,24-25H,5,10-15,18H2,1-4H3,(H2,31,33,38)/t24-,25-/m1/s1. The van der Waals surface area contributed by atoms with E-state index >= 15 is 0 Å². The van der Waals surface area contributed by atoms with Crippen molar-refractivity contribution in [2.24, 2.45) is 4.99 Å². The summed E-state index contributed by atoms with van der Waals surface area (Å²) in [6.45, 7) is 8.12. The van der Waals surface area contributed by atoms with Gasteiger partial charge in [0.2, 0.25) is 5.91 Å². The molecule has 2 atom stereocenters. The maximum Gasteiger partial charge on any atom is 0.257 e. The van der Waals surface area contributed by atoms with Crippen LogP contribution in [0.15, 0.2) is 41.4 Å². The molecule has 0 aromatic heterocycles. The van der Waals surface area contributed by atoms with E-state index in [4.69, 9.17) is 19.9 Å². The summed E-state index contributed by atoms with van der Waals surface area (Å²) in [6, 6.07) is 11.7. The second-order valence-electron chi connectivity index (χ2n) is 10.6. The van der Waals surface area contributed by atoms with Gasteiger partial charge in [0.05, 0.1) is 25.5 Å². The number of guanidine groups is 1. The van der Waals surface area contributed by atoms with Crippen LogP contribution in [0.5, 0.6) is 11.5 Å². The van der Waals surface area contributed by atoms with Crippen molar-refractivity contribution in [3.63, 3.8) is 0 Å². The molecule has 2 N–H and O–H groups in total. The van der Waals surface area contributed by atoms with Crippen molar-refractivity contribution < 1.29 is 19.1 Å². The van der Waals surface area contributed by atoms with Crippen LogP contribution in [0.2, 0.25) is 0 Å². The fourth-order valence-electron chi connectivity index (χ4n) is 5.83. The molecule has 2 amide bonds. The Morgan fingerprint density at radius 1 is 1.05 bits per heavy atom. The summed E-state index contributed by atoms with van der Waals surface area (Å²) in [5.41, 5.74) is 4.53. The molecule has 3 heterocycles. The van der Waals surface area contributed by atoms with E-state index in [0.29, 0.717) is 44.1 Å². The van der Waals surface area contributed by atoms with Crippen LogP contribution >= 0.6 is 0 Å². The van der Waals surface area contributed by atoms with Gasteiger partial charge < -0.3 is 24.2 Å². The highest BCUT2D eigenvalue weighted by Crippen LogP contribution is 2.42. The van der Waals surface area contributed by atoms with E-state index in [1.54, 1.807) is 36.0 Å². The van der Waals surface area contributed by atoms with Gasteiger partial charge in [0.1, 0.15) is 0 Å². The van der Waals surface area contributed by atoms with Crippen LogP contribution in [0.3, 0.4) is 0 Å². The normalized spacial score (nSPS) is 20.6. The van der Waals surface area contributed by atoms with E-state index in [0.717, 1.165) is 42.1 Å². The van der Waals surface area contributed by atoms with Crippen LogP contribution in [-0.2, 0) is 4.79 Å². The lowest BCUT2D eigenvalue weighted by molar-refractivity contribution is -0.130. The van der Waals surface area contributed by atoms with E-state index in [2.05, 4.69) is 23.3 Å². The Labute approximate surface area is 235 Å². The van der Waals surface area contributed by atoms with Crippen molar-refractivity contribution in [2.75, 3.05) is 60.0 Å². The van der Waals surface area contributed by atoms with E-state index in [1.165, 1.54) is 5.56 Å². The third kappa shape index (κ3) is 5.54. The van der Waals surface area contributed by atoms with Gasteiger partial charge in [0.25, 0.3) is 5.91 Å². The molecular formula is C30H38N6O4. The zero-order valence-electron chi connectivity index (χ0n) is 23.7. The number of fused-ring (bicyclic) bond motifs is 3. The number of piperazine rings is 1. The molecule has 10 nitrogen and oxygen atoms in total. The summed E-state index contributed by atoms with van der Waals surface area (Å²) in [5.74, 6) is 1.43. The van der Waals surface area contributed by atoms with Crippen LogP contribution in [0.1, 0.15) is 53.2 Å². The van der Waals surface area contributed by atoms with E-state index in [9.17, 15) is 9.59 Å². The van der Waals surface area contributed by atoms with Crippen LogP contribution < -0.4 is 14.8 Å². The van der Waals surface area contributed by atoms with Gasteiger partial charge in [-0.3, -0.25) is 25.3 Å². The Bertz CT molecular complexity index is 1320. The average Bonchev–Trinajstić information content (AvgIpc) is 2.96. The summed E-state index contributed by atoms with van der Waals surface area (Å²) < 4.78 is 11.6. The number of likely N-dealkylation sites (N-methyl/N-ethyl adjacent to an activating group) is 1. The molecule has 2 saturated heterocycles. The summed E-state index contributed by atoms with van der Waals surface area (Å²) in [5, 5.41) is 11.1. The predicted octanol–water partition coefficient (Wildman–Crippen LogP) is 2.56. The first-order valence-electron chi connectivity index (χ1n) is 13.9. The largest absolute Gasteiger partial charge is 0.493 e. The molecule has 10 heteroatoms. The predicted molar refractivity (Wildman–Crippen MR) is 154 cm³/mol. The molecular weight excluding hydrogens is 508 g/mol. The van der Waals surface area contributed by atoms with E-state index in [1.807, 2.05) is 25.1 Å². The lowest BCUT2D eigenvalue weighted by Crippen LogP contribution is -2.53. The Balaban J connectivity index is 1.36. The molecule has 0 aliphatic carbocycles. The summed E-state index contributed by atoms with van der Waals surface area (Å²) >= 11 is 0. The Morgan fingerprint density at radius 2 is 1.75 bits per heavy atom. The first-order valence-corrected chi connectivity index (χ1v) is 13.9. The number of aliphatic imine (C=N–C) groups is 1. The lowest BCUT2D eigenvalue weighted by Gasteiger charge is -2.39. The molecule has 40 heavy (non-hydrogen) atoms. The molecule has 0 spiro atoms. The van der Waals surface area contributed by atoms with Crippen molar-refractivity contribution >= 4 is 23.5 Å². The summed E-state index contributed by atoms with van der Waals surface area (Å²) in [6.07, 6.45) is 0.976. The molecule has 0 unspecified atom stereocenters. The molecule has 0 radical (unpaired) electrons. The first-order chi connectivity index (χ1) is 19.3. The van der Waals surface area contributed by atoms with Crippen LogP contribution in [0, 0.1) is 5.41 Å². The molecule has 212 valence electrons. The number of hydrogen-bond acceptors (Lipinski definition) is 7. The number of amides is 2. The van der Waals surface area contributed by atoms with Crippen LogP contribution in [-0.4, -0.2) is 104 Å². The van der Waals surface area contributed by atoms with Gasteiger partial charge in [-0.05, 0) is 56.8 Å². The third-order valence-corrected chi connectivity index (χ3v) is 8.06. The van der Waals surface area contributed by atoms with Crippen LogP contribution in [0.4, 0.5) is 0 Å². The zero-order chi connectivity index (χ0) is 28.4. The number of ether oxygens (including phenoxy) is 2. The summed E-state index contributed by atoms with van der Waals surface area (Å²) in [7, 11) is 3.80. The Kier molecular flexibility index (Phi) is 8.07. The molecule has 3 aliphatic rings. The smallest absolute Gasteiger partial charge is 0.257 e. The fraction of sp³-hybridized carbons (Fsp3) is 0.467. The summed E-state index contributed by atoms with van der Waals surface area (Å²) in [4.78, 5) is 35.6. The maximum atomic E-state index is 12.9. The first kappa shape index (κ1) is 27.6. The van der Waals surface area contributed by atoms with E-state index < -0.39 is 0 Å². The van der Waals surface area contributed by atoms with Gasteiger partial charge in [-0.2, -0.15) is 0 Å². The van der Waals surface area contributed by atoms with Crippen molar-refractivity contribution in [2.45, 2.75) is 32.2 Å². The van der Waals surface area contributed by atoms with E-state index in [-0.39, 0.29) is 29.7 Å². The molecule has 0 saturated carbocycles. The number of rotatable bonds is 5. The highest BCUT2D eigenvalue weighted by atomic mass is 16.5. The third-order valence-electron chi connectivity index (χ3n) is 8.06. The number of methoxy groups -OCH3 is 1. The van der Waals surface area contributed by atoms with Gasteiger partial charge in [-0.1, -0.05) is 12.1 Å². The van der Waals surface area contributed by atoms with Gasteiger partial charge in [0.15, 0.2) is 17.5 Å². The molecule has 3 aliphatic heterocycles. The van der Waals surface area contributed by atoms with Crippen LogP contribution in [0.25, 0.3) is 0 Å². The molecule has 2 fully saturated rings. The second-order valence-corrected chi connectivity index (χ2v) is 10.6. The molecule has 5 rings (SSSR count). The SMILES string of the molecule is CCOc1cc2c(cc1OC)C(c1ccc(C(=O)NC(=N)N3CCN(C(C)=O)CC3)cc1)=N[C@@H]1CCN(C)C[C@H]21. The minimum Gasteiger partial charge on any atom is -0.493 e. The van der Waals surface area contributed by atoms with Gasteiger partial charge in [0, 0.05) is 62.3 Å². The number of nitrogens with one attached hydrogen (secondary N) is 2. The maximum absolute atomic E-state index is 12.9. The minimum absolute atomic E-state index is 0.0278. The highest BCUT2D eigenvalue weighted by molar-refractivity contribution is 6.15. The Morgan fingerprint density at radius 3 is 2.40 bits per heavy atom. The van der Waals surface area contributed by atoms with Crippen molar-refractivity contribution in [3.8, 4) is 11.5 Å². The van der Waals surface area contributed by atoms with Crippen molar-refractivity contribution in [1.82, 2.24) is 20.0 Å². The van der Waals surface area contributed by atoms with Gasteiger partial charge >= 0.3 is 0 Å². The van der Waals surface area contributed by atoms with Gasteiger partial charge in [-0.25, -0.2) is 0 Å². The Hall–Kier alpha value is -3.92. The molecule has 2 aromatic carbocycles. The fourth-order valence-corrected chi connectivity index (χ4v) is 5.83. The number of carbonyl (C=O) groups excluding carboxylic acids is 2. The monoisotopic (exact) mass is 546 g/mol. The minimum atomic E-state index is -0.338. The molecule has 0 bridgehead atoms. The topological polar surface area (TPSA) is 111 Å². The number of benzene rings is 2. The average molecular weight is 547 g/mol. The second kappa shape index (κ2) is 11.7. The lowest BCUT2D eigenvalue weighted by atomic mass is 9.79. The highest BCUT2D eigenvalue weighted by Gasteiger charge is 2.36. The molecule has 2 aromatic rings. The zero-order valence-corrected chi connectivity index (χ0v) is 23.7. The number of likely N-dealkylation sites (tertiary alicyclic amines) is 1. The van der Waals surface area contributed by atoms with Crippen molar-refractivity contribution in [3.05, 3.63) is 58.7 Å². The quantitative estimate of drug-likeness (QED) is 0.441. The number of piperidine rings is 1. The van der Waals surface area contributed by atoms with Gasteiger partial charge in [-0.15, -0.1) is 0 Å². The van der Waals surface area contributed by atoms with Crippen molar-refractivity contribution in [1.29, 1.82) is 5.41 Å².